The number of benzene rings is 2. The number of rotatable bonds is 6. The first-order chi connectivity index (χ1) is 11.4. The predicted octanol–water partition coefficient (Wildman–Crippen LogP) is 4.14. The fourth-order valence-electron chi connectivity index (χ4n) is 2.64. The lowest BCUT2D eigenvalue weighted by Gasteiger charge is -2.08. The van der Waals surface area contributed by atoms with Crippen LogP contribution in [0.2, 0.25) is 0 Å². The van der Waals surface area contributed by atoms with E-state index < -0.39 is 0 Å². The van der Waals surface area contributed by atoms with E-state index in [0.717, 1.165) is 40.7 Å². The van der Waals surface area contributed by atoms with Crippen molar-refractivity contribution in [1.29, 1.82) is 0 Å². The molecule has 23 heavy (non-hydrogen) atoms. The summed E-state index contributed by atoms with van der Waals surface area (Å²) in [6.07, 6.45) is 3.51. The van der Waals surface area contributed by atoms with Crippen molar-refractivity contribution in [2.45, 2.75) is 25.9 Å². The Morgan fingerprint density at radius 2 is 1.87 bits per heavy atom. The second-order valence-corrected chi connectivity index (χ2v) is 6.01. The fraction of sp³-hybridized carbons (Fsp3) is 0.316. The molecule has 2 aliphatic rings. The van der Waals surface area contributed by atoms with Gasteiger partial charge in [-0.2, -0.15) is 0 Å². The minimum Gasteiger partial charge on any atom is -0.454 e. The van der Waals surface area contributed by atoms with Crippen molar-refractivity contribution in [2.24, 2.45) is 11.1 Å². The first-order valence-electron chi connectivity index (χ1n) is 8.01. The molecule has 1 heterocycles. The van der Waals surface area contributed by atoms with Gasteiger partial charge >= 0.3 is 0 Å². The molecular formula is C19H19NO3. The van der Waals surface area contributed by atoms with Gasteiger partial charge in [0.1, 0.15) is 6.61 Å². The summed E-state index contributed by atoms with van der Waals surface area (Å²) in [6.45, 7) is 0.776. The molecular weight excluding hydrogens is 290 g/mol. The summed E-state index contributed by atoms with van der Waals surface area (Å²) in [6, 6.07) is 16.1. The second kappa shape index (κ2) is 6.32. The average Bonchev–Trinajstić information content (AvgIpc) is 3.28. The summed E-state index contributed by atoms with van der Waals surface area (Å²) in [4.78, 5) is 5.60. The monoisotopic (exact) mass is 309 g/mol. The Kier molecular flexibility index (Phi) is 3.88. The van der Waals surface area contributed by atoms with Gasteiger partial charge in [-0.15, -0.1) is 0 Å². The first-order valence-corrected chi connectivity index (χ1v) is 8.01. The van der Waals surface area contributed by atoms with Gasteiger partial charge in [0, 0.05) is 5.56 Å². The Hall–Kier alpha value is -2.49. The van der Waals surface area contributed by atoms with Gasteiger partial charge in [-0.3, -0.25) is 0 Å². The molecule has 1 aliphatic heterocycles. The molecule has 0 aromatic heterocycles. The minimum absolute atomic E-state index is 0.290. The van der Waals surface area contributed by atoms with E-state index in [1.54, 1.807) is 0 Å². The topological polar surface area (TPSA) is 40.0 Å². The molecule has 0 bridgehead atoms. The normalized spacial score (nSPS) is 16.4. The van der Waals surface area contributed by atoms with Crippen LogP contribution in [0.5, 0.6) is 11.5 Å². The molecule has 1 fully saturated rings. The summed E-state index contributed by atoms with van der Waals surface area (Å²) >= 11 is 0. The molecule has 0 amide bonds. The van der Waals surface area contributed by atoms with Crippen LogP contribution in [0.3, 0.4) is 0 Å². The maximum atomic E-state index is 5.60. The van der Waals surface area contributed by atoms with Gasteiger partial charge in [-0.05, 0) is 48.9 Å². The molecule has 0 spiro atoms. The highest BCUT2D eigenvalue weighted by atomic mass is 16.7. The minimum atomic E-state index is 0.290. The molecule has 0 atom stereocenters. The zero-order valence-corrected chi connectivity index (χ0v) is 12.9. The van der Waals surface area contributed by atoms with Gasteiger partial charge in [-0.1, -0.05) is 35.5 Å². The van der Waals surface area contributed by atoms with Crippen LogP contribution in [-0.2, 0) is 11.4 Å². The van der Waals surface area contributed by atoms with E-state index in [4.69, 9.17) is 14.3 Å². The molecule has 0 saturated heterocycles. The summed E-state index contributed by atoms with van der Waals surface area (Å²) in [7, 11) is 0. The molecule has 0 N–H and O–H groups in total. The van der Waals surface area contributed by atoms with E-state index in [2.05, 4.69) is 5.16 Å². The zero-order chi connectivity index (χ0) is 15.5. The smallest absolute Gasteiger partial charge is 0.231 e. The van der Waals surface area contributed by atoms with Crippen molar-refractivity contribution < 1.29 is 14.3 Å². The van der Waals surface area contributed by atoms with Gasteiger partial charge in [0.2, 0.25) is 6.79 Å². The molecule has 118 valence electrons. The molecule has 4 nitrogen and oxygen atoms in total. The molecule has 1 aliphatic carbocycles. The van der Waals surface area contributed by atoms with Gasteiger partial charge in [-0.25, -0.2) is 0 Å². The lowest BCUT2D eigenvalue weighted by molar-refractivity contribution is 0.130. The highest BCUT2D eigenvalue weighted by Crippen LogP contribution is 2.36. The molecule has 1 saturated carbocycles. The van der Waals surface area contributed by atoms with E-state index in [1.165, 1.54) is 12.8 Å². The van der Waals surface area contributed by atoms with Crippen LogP contribution in [-0.4, -0.2) is 12.5 Å². The van der Waals surface area contributed by atoms with Crippen molar-refractivity contribution >= 4 is 5.71 Å². The summed E-state index contributed by atoms with van der Waals surface area (Å²) in [5.74, 6) is 2.32. The Morgan fingerprint density at radius 1 is 1.04 bits per heavy atom. The average molecular weight is 309 g/mol. The number of oxime groups is 1. The quantitative estimate of drug-likeness (QED) is 0.595. The lowest BCUT2D eigenvalue weighted by Crippen LogP contribution is -2.04. The largest absolute Gasteiger partial charge is 0.454 e. The van der Waals surface area contributed by atoms with Crippen molar-refractivity contribution in [3.63, 3.8) is 0 Å². The number of hydrogen-bond acceptors (Lipinski definition) is 4. The van der Waals surface area contributed by atoms with E-state index in [1.807, 2.05) is 48.5 Å². The number of hydrogen-bond donors (Lipinski definition) is 0. The van der Waals surface area contributed by atoms with Gasteiger partial charge < -0.3 is 14.3 Å². The zero-order valence-electron chi connectivity index (χ0n) is 12.9. The third-order valence-corrected chi connectivity index (χ3v) is 4.13. The van der Waals surface area contributed by atoms with Crippen LogP contribution in [0, 0.1) is 5.92 Å². The highest BCUT2D eigenvalue weighted by molar-refractivity contribution is 6.01. The maximum Gasteiger partial charge on any atom is 0.231 e. The Labute approximate surface area is 135 Å². The molecule has 4 heteroatoms. The lowest BCUT2D eigenvalue weighted by atomic mass is 10.0. The SMILES string of the molecule is c1ccc(CO/N=C(\CC2CC2)c2ccc3c(c2)OCO3)cc1. The second-order valence-electron chi connectivity index (χ2n) is 6.01. The third-order valence-electron chi connectivity index (χ3n) is 4.13. The van der Waals surface area contributed by atoms with Crippen LogP contribution >= 0.6 is 0 Å². The molecule has 0 radical (unpaired) electrons. The van der Waals surface area contributed by atoms with E-state index >= 15 is 0 Å². The molecule has 4 rings (SSSR count). The Balaban J connectivity index is 1.50. The fourth-order valence-corrected chi connectivity index (χ4v) is 2.64. The predicted molar refractivity (Wildman–Crippen MR) is 87.7 cm³/mol. The summed E-state index contributed by atoms with van der Waals surface area (Å²) in [5.41, 5.74) is 3.16. The van der Waals surface area contributed by atoms with Crippen molar-refractivity contribution in [3.8, 4) is 11.5 Å². The number of nitrogens with zero attached hydrogens (tertiary/aromatic N) is 1. The highest BCUT2D eigenvalue weighted by Gasteiger charge is 2.25. The van der Waals surface area contributed by atoms with E-state index in [0.29, 0.717) is 13.4 Å². The van der Waals surface area contributed by atoms with Gasteiger partial charge in [0.15, 0.2) is 11.5 Å². The number of ether oxygens (including phenoxy) is 2. The van der Waals surface area contributed by atoms with Crippen LogP contribution in [0.1, 0.15) is 30.4 Å². The molecule has 2 aromatic carbocycles. The maximum absolute atomic E-state index is 5.60. The van der Waals surface area contributed by atoms with E-state index in [9.17, 15) is 0 Å². The van der Waals surface area contributed by atoms with Crippen molar-refractivity contribution in [1.82, 2.24) is 0 Å². The first kappa shape index (κ1) is 14.1. The Morgan fingerprint density at radius 3 is 2.70 bits per heavy atom. The van der Waals surface area contributed by atoms with Crippen molar-refractivity contribution in [3.05, 3.63) is 59.7 Å². The van der Waals surface area contributed by atoms with Gasteiger partial charge in [0.25, 0.3) is 0 Å². The van der Waals surface area contributed by atoms with Crippen LogP contribution in [0.15, 0.2) is 53.7 Å². The number of fused-ring (bicyclic) bond motifs is 1. The van der Waals surface area contributed by atoms with Crippen LogP contribution < -0.4 is 9.47 Å². The Bertz CT molecular complexity index is 708. The van der Waals surface area contributed by atoms with Crippen LogP contribution in [0.4, 0.5) is 0 Å². The summed E-state index contributed by atoms with van der Waals surface area (Å²) in [5, 5.41) is 4.42. The standard InChI is InChI=1S/C19H19NO3/c1-2-4-15(5-3-1)12-23-20-17(10-14-6-7-14)16-8-9-18-19(11-16)22-13-21-18/h1-5,8-9,11,14H,6-7,10,12-13H2/b20-17+. The third kappa shape index (κ3) is 3.47. The van der Waals surface area contributed by atoms with Crippen LogP contribution in [0.25, 0.3) is 0 Å². The summed E-state index contributed by atoms with van der Waals surface area (Å²) < 4.78 is 10.8. The van der Waals surface area contributed by atoms with E-state index in [-0.39, 0.29) is 0 Å². The van der Waals surface area contributed by atoms with Gasteiger partial charge in [0.05, 0.1) is 5.71 Å². The van der Waals surface area contributed by atoms with Crippen molar-refractivity contribution in [2.75, 3.05) is 6.79 Å². The molecule has 0 unspecified atom stereocenters. The molecule has 2 aromatic rings.